The SMILES string of the molecule is COc1ccc(C(C)NC(=O)C2CC(=O)N(c3ccc(OC)c(OC)c3)C2)c(OC)c1. The van der Waals surface area contributed by atoms with Gasteiger partial charge in [0, 0.05) is 36.3 Å². The van der Waals surface area contributed by atoms with Crippen molar-refractivity contribution in [3.05, 3.63) is 42.0 Å². The Hall–Kier alpha value is -3.42. The van der Waals surface area contributed by atoms with E-state index in [0.29, 0.717) is 35.2 Å². The Morgan fingerprint density at radius 3 is 2.32 bits per heavy atom. The third-order valence-corrected chi connectivity index (χ3v) is 5.44. The van der Waals surface area contributed by atoms with Gasteiger partial charge in [0.25, 0.3) is 0 Å². The van der Waals surface area contributed by atoms with Gasteiger partial charge >= 0.3 is 0 Å². The highest BCUT2D eigenvalue weighted by molar-refractivity contribution is 6.00. The summed E-state index contributed by atoms with van der Waals surface area (Å²) in [6, 6.07) is 10.4. The van der Waals surface area contributed by atoms with Crippen LogP contribution in [-0.2, 0) is 9.59 Å². The fourth-order valence-corrected chi connectivity index (χ4v) is 3.71. The van der Waals surface area contributed by atoms with Crippen molar-refractivity contribution >= 4 is 17.5 Å². The first-order valence-electron chi connectivity index (χ1n) is 9.96. The summed E-state index contributed by atoms with van der Waals surface area (Å²) in [5, 5.41) is 3.00. The highest BCUT2D eigenvalue weighted by Crippen LogP contribution is 2.34. The van der Waals surface area contributed by atoms with E-state index in [1.54, 1.807) is 57.6 Å². The van der Waals surface area contributed by atoms with Crippen LogP contribution < -0.4 is 29.2 Å². The molecule has 0 radical (unpaired) electrons. The molecule has 0 spiro atoms. The van der Waals surface area contributed by atoms with Crippen molar-refractivity contribution in [2.24, 2.45) is 5.92 Å². The topological polar surface area (TPSA) is 86.3 Å². The van der Waals surface area contributed by atoms with Crippen molar-refractivity contribution in [3.63, 3.8) is 0 Å². The quantitative estimate of drug-likeness (QED) is 0.696. The molecule has 1 fully saturated rings. The van der Waals surface area contributed by atoms with Crippen LogP contribution in [0.1, 0.15) is 24.9 Å². The second-order valence-electron chi connectivity index (χ2n) is 7.28. The second-order valence-corrected chi connectivity index (χ2v) is 7.28. The lowest BCUT2D eigenvalue weighted by Crippen LogP contribution is -2.34. The first kappa shape index (κ1) is 22.3. The third-order valence-electron chi connectivity index (χ3n) is 5.44. The van der Waals surface area contributed by atoms with Crippen LogP contribution in [0.5, 0.6) is 23.0 Å². The van der Waals surface area contributed by atoms with Crippen LogP contribution in [0.25, 0.3) is 0 Å². The van der Waals surface area contributed by atoms with Crippen LogP contribution in [0.3, 0.4) is 0 Å². The van der Waals surface area contributed by atoms with Crippen molar-refractivity contribution in [2.75, 3.05) is 39.9 Å². The summed E-state index contributed by atoms with van der Waals surface area (Å²) in [5.74, 6) is 1.67. The van der Waals surface area contributed by atoms with Crippen LogP contribution in [0, 0.1) is 5.92 Å². The molecule has 1 saturated heterocycles. The van der Waals surface area contributed by atoms with Gasteiger partial charge in [-0.2, -0.15) is 0 Å². The summed E-state index contributed by atoms with van der Waals surface area (Å²) in [4.78, 5) is 27.1. The molecule has 3 rings (SSSR count). The van der Waals surface area contributed by atoms with Gasteiger partial charge in [0.2, 0.25) is 11.8 Å². The van der Waals surface area contributed by atoms with Crippen molar-refractivity contribution in [3.8, 4) is 23.0 Å². The zero-order chi connectivity index (χ0) is 22.5. The van der Waals surface area contributed by atoms with Gasteiger partial charge in [-0.15, -0.1) is 0 Å². The maximum atomic E-state index is 12.9. The number of amides is 2. The van der Waals surface area contributed by atoms with E-state index in [1.807, 2.05) is 19.1 Å². The van der Waals surface area contributed by atoms with E-state index in [2.05, 4.69) is 5.32 Å². The third kappa shape index (κ3) is 4.68. The number of carbonyl (C=O) groups is 2. The maximum absolute atomic E-state index is 12.9. The van der Waals surface area contributed by atoms with Crippen molar-refractivity contribution in [2.45, 2.75) is 19.4 Å². The molecule has 0 bridgehead atoms. The summed E-state index contributed by atoms with van der Waals surface area (Å²) >= 11 is 0. The lowest BCUT2D eigenvalue weighted by molar-refractivity contribution is -0.126. The Bertz CT molecular complexity index is 961. The van der Waals surface area contributed by atoms with E-state index in [0.717, 1.165) is 5.56 Å². The number of hydrogen-bond donors (Lipinski definition) is 1. The zero-order valence-corrected chi connectivity index (χ0v) is 18.4. The number of ether oxygens (including phenoxy) is 4. The number of benzene rings is 2. The predicted molar refractivity (Wildman–Crippen MR) is 116 cm³/mol. The van der Waals surface area contributed by atoms with Crippen LogP contribution >= 0.6 is 0 Å². The highest BCUT2D eigenvalue weighted by atomic mass is 16.5. The molecule has 31 heavy (non-hydrogen) atoms. The summed E-state index contributed by atoms with van der Waals surface area (Å²) in [7, 11) is 6.25. The largest absolute Gasteiger partial charge is 0.497 e. The van der Waals surface area contributed by atoms with E-state index in [9.17, 15) is 9.59 Å². The van der Waals surface area contributed by atoms with Gasteiger partial charge in [-0.3, -0.25) is 9.59 Å². The van der Waals surface area contributed by atoms with E-state index in [-0.39, 0.29) is 24.3 Å². The molecular formula is C23H28N2O6. The molecule has 2 aromatic rings. The molecule has 166 valence electrons. The van der Waals surface area contributed by atoms with Gasteiger partial charge in [0.1, 0.15) is 11.5 Å². The number of nitrogens with zero attached hydrogens (tertiary/aromatic N) is 1. The van der Waals surface area contributed by atoms with Crippen molar-refractivity contribution in [1.82, 2.24) is 5.32 Å². The van der Waals surface area contributed by atoms with Gasteiger partial charge in [-0.25, -0.2) is 0 Å². The number of rotatable bonds is 8. The minimum Gasteiger partial charge on any atom is -0.497 e. The summed E-state index contributed by atoms with van der Waals surface area (Å²) in [6.07, 6.45) is 0.145. The molecule has 1 aliphatic heterocycles. The minimum absolute atomic E-state index is 0.109. The molecule has 0 aliphatic carbocycles. The van der Waals surface area contributed by atoms with Crippen LogP contribution in [0.15, 0.2) is 36.4 Å². The Labute approximate surface area is 182 Å². The van der Waals surface area contributed by atoms with Crippen LogP contribution in [-0.4, -0.2) is 46.8 Å². The Kier molecular flexibility index (Phi) is 6.89. The van der Waals surface area contributed by atoms with Crippen LogP contribution in [0.4, 0.5) is 5.69 Å². The Morgan fingerprint density at radius 2 is 1.68 bits per heavy atom. The van der Waals surface area contributed by atoms with E-state index in [1.165, 1.54) is 0 Å². The number of nitrogens with one attached hydrogen (secondary N) is 1. The molecule has 0 aromatic heterocycles. The summed E-state index contributed by atoms with van der Waals surface area (Å²) < 4.78 is 21.2. The van der Waals surface area contributed by atoms with Gasteiger partial charge in [0.15, 0.2) is 11.5 Å². The van der Waals surface area contributed by atoms with E-state index in [4.69, 9.17) is 18.9 Å². The number of carbonyl (C=O) groups excluding carboxylic acids is 2. The smallest absolute Gasteiger partial charge is 0.227 e. The fourth-order valence-electron chi connectivity index (χ4n) is 3.71. The molecule has 8 heteroatoms. The normalized spacial score (nSPS) is 16.6. The summed E-state index contributed by atoms with van der Waals surface area (Å²) in [5.41, 5.74) is 1.50. The molecule has 2 aromatic carbocycles. The molecular weight excluding hydrogens is 400 g/mol. The number of anilines is 1. The monoisotopic (exact) mass is 428 g/mol. The van der Waals surface area contributed by atoms with Crippen molar-refractivity contribution in [1.29, 1.82) is 0 Å². The lowest BCUT2D eigenvalue weighted by atomic mass is 10.0. The standard InChI is InChI=1S/C23H28N2O6/c1-14(18-8-7-17(28-2)12-20(18)30-4)24-23(27)15-10-22(26)25(13-15)16-6-9-19(29-3)21(11-16)31-5/h6-9,11-12,14-15H,10,13H2,1-5H3,(H,24,27). The number of methoxy groups -OCH3 is 4. The Morgan fingerprint density at radius 1 is 0.968 bits per heavy atom. The second kappa shape index (κ2) is 9.59. The predicted octanol–water partition coefficient (Wildman–Crippen LogP) is 2.95. The molecule has 1 aliphatic rings. The van der Waals surface area contributed by atoms with Gasteiger partial charge in [0.05, 0.1) is 40.4 Å². The van der Waals surface area contributed by atoms with Crippen molar-refractivity contribution < 1.29 is 28.5 Å². The lowest BCUT2D eigenvalue weighted by Gasteiger charge is -2.21. The zero-order valence-electron chi connectivity index (χ0n) is 18.4. The number of hydrogen-bond acceptors (Lipinski definition) is 6. The fraction of sp³-hybridized carbons (Fsp3) is 0.391. The molecule has 8 nitrogen and oxygen atoms in total. The first-order chi connectivity index (χ1) is 14.9. The Balaban J connectivity index is 1.71. The van der Waals surface area contributed by atoms with E-state index < -0.39 is 5.92 Å². The highest BCUT2D eigenvalue weighted by Gasteiger charge is 2.36. The van der Waals surface area contributed by atoms with Crippen LogP contribution in [0.2, 0.25) is 0 Å². The maximum Gasteiger partial charge on any atom is 0.227 e. The molecule has 2 atom stereocenters. The van der Waals surface area contributed by atoms with Gasteiger partial charge < -0.3 is 29.2 Å². The van der Waals surface area contributed by atoms with Gasteiger partial charge in [-0.1, -0.05) is 0 Å². The molecule has 1 N–H and O–H groups in total. The van der Waals surface area contributed by atoms with E-state index >= 15 is 0 Å². The molecule has 2 amide bonds. The average Bonchev–Trinajstić information content (AvgIpc) is 3.19. The first-order valence-corrected chi connectivity index (χ1v) is 9.96. The molecule has 0 saturated carbocycles. The van der Waals surface area contributed by atoms with Gasteiger partial charge in [-0.05, 0) is 31.2 Å². The molecule has 2 unspecified atom stereocenters. The minimum atomic E-state index is -0.452. The average molecular weight is 428 g/mol. The summed E-state index contributed by atoms with van der Waals surface area (Å²) in [6.45, 7) is 2.18. The molecule has 1 heterocycles.